The summed E-state index contributed by atoms with van der Waals surface area (Å²) in [4.78, 5) is 22.5. The molecule has 2 heterocycles. The number of aryl methyl sites for hydroxylation is 1. The summed E-state index contributed by atoms with van der Waals surface area (Å²) in [5.41, 5.74) is 4.77. The molecule has 1 fully saturated rings. The van der Waals surface area contributed by atoms with Gasteiger partial charge in [-0.3, -0.25) is 10.2 Å². The number of urea groups is 1. The predicted molar refractivity (Wildman–Crippen MR) is 152 cm³/mol. The topological polar surface area (TPSA) is 57.7 Å². The number of hydrogen-bond donors (Lipinski definition) is 1. The molecule has 6 nitrogen and oxygen atoms in total. The molecule has 2 amide bonds. The van der Waals surface area contributed by atoms with E-state index < -0.39 is 0 Å². The molecule has 1 saturated heterocycles. The number of carbonyl (C=O) groups excluding carboxylic acids is 1. The smallest absolute Gasteiger partial charge is 0.323 e. The van der Waals surface area contributed by atoms with E-state index in [1.54, 1.807) is 0 Å². The maximum Gasteiger partial charge on any atom is 0.323 e. The summed E-state index contributed by atoms with van der Waals surface area (Å²) in [5, 5.41) is 3.72. The molecule has 0 radical (unpaired) electrons. The zero-order chi connectivity index (χ0) is 25.5. The number of aromatic nitrogens is 1. The standard InChI is InChI=1S/C30H34N4O2S/c1-23-9-5-6-12-25(23)26(24-10-3-2-4-11-24)15-16-34(18-17-33-19-21-36-22-20-33)30(35)32-29-31-27-13-7-8-14-28(27)37-29/h2-14,26H,15-22H2,1H3,(H,31,32,35). The number of ether oxygens (including phenoxy) is 1. The van der Waals surface area contributed by atoms with Gasteiger partial charge in [-0.05, 0) is 42.2 Å². The molecule has 7 heteroatoms. The molecule has 0 aliphatic carbocycles. The van der Waals surface area contributed by atoms with Crippen LogP contribution in [0.2, 0.25) is 0 Å². The first-order valence-corrected chi connectivity index (χ1v) is 13.8. The quantitative estimate of drug-likeness (QED) is 0.298. The van der Waals surface area contributed by atoms with Crippen molar-refractivity contribution >= 4 is 32.7 Å². The number of fused-ring (bicyclic) bond motifs is 1. The Morgan fingerprint density at radius 1 is 1.00 bits per heavy atom. The molecule has 4 aromatic rings. The first kappa shape index (κ1) is 25.4. The van der Waals surface area contributed by atoms with Crippen LogP contribution in [0.15, 0.2) is 78.9 Å². The van der Waals surface area contributed by atoms with Gasteiger partial charge >= 0.3 is 6.03 Å². The van der Waals surface area contributed by atoms with Gasteiger partial charge in [-0.2, -0.15) is 0 Å². The zero-order valence-electron chi connectivity index (χ0n) is 21.3. The molecule has 1 aliphatic heterocycles. The number of anilines is 1. The van der Waals surface area contributed by atoms with Crippen LogP contribution in [0, 0.1) is 6.92 Å². The number of thiazole rings is 1. The van der Waals surface area contributed by atoms with Gasteiger partial charge < -0.3 is 9.64 Å². The lowest BCUT2D eigenvalue weighted by atomic mass is 9.86. The van der Waals surface area contributed by atoms with E-state index in [-0.39, 0.29) is 11.9 Å². The van der Waals surface area contributed by atoms with Crippen LogP contribution in [-0.2, 0) is 4.74 Å². The number of rotatable bonds is 9. The second kappa shape index (κ2) is 12.3. The van der Waals surface area contributed by atoms with Crippen molar-refractivity contribution < 1.29 is 9.53 Å². The maximum atomic E-state index is 13.6. The summed E-state index contributed by atoms with van der Waals surface area (Å²) >= 11 is 1.51. The Hall–Kier alpha value is -3.26. The number of hydrogen-bond acceptors (Lipinski definition) is 5. The molecule has 192 valence electrons. The van der Waals surface area contributed by atoms with Gasteiger partial charge in [-0.15, -0.1) is 0 Å². The second-order valence-corrected chi connectivity index (χ2v) is 10.5. The van der Waals surface area contributed by atoms with E-state index in [1.807, 2.05) is 29.2 Å². The minimum Gasteiger partial charge on any atom is -0.379 e. The highest BCUT2D eigenvalue weighted by atomic mass is 32.1. The summed E-state index contributed by atoms with van der Waals surface area (Å²) in [5.74, 6) is 0.212. The van der Waals surface area contributed by atoms with Crippen molar-refractivity contribution in [2.75, 3.05) is 51.3 Å². The van der Waals surface area contributed by atoms with Gasteiger partial charge in [0.15, 0.2) is 5.13 Å². The minimum absolute atomic E-state index is 0.0936. The molecular formula is C30H34N4O2S. The van der Waals surface area contributed by atoms with E-state index in [0.29, 0.717) is 18.2 Å². The Morgan fingerprint density at radius 2 is 1.73 bits per heavy atom. The highest BCUT2D eigenvalue weighted by Gasteiger charge is 2.22. The first-order chi connectivity index (χ1) is 18.2. The van der Waals surface area contributed by atoms with E-state index in [4.69, 9.17) is 4.74 Å². The molecule has 3 aromatic carbocycles. The zero-order valence-corrected chi connectivity index (χ0v) is 22.1. The third kappa shape index (κ3) is 6.55. The van der Waals surface area contributed by atoms with Crippen molar-refractivity contribution in [3.63, 3.8) is 0 Å². The molecule has 1 unspecified atom stereocenters. The van der Waals surface area contributed by atoms with Crippen molar-refractivity contribution in [3.05, 3.63) is 95.6 Å². The van der Waals surface area contributed by atoms with E-state index in [0.717, 1.165) is 49.5 Å². The normalized spacial score (nSPS) is 14.9. The predicted octanol–water partition coefficient (Wildman–Crippen LogP) is 5.99. The van der Waals surface area contributed by atoms with Gasteiger partial charge in [0.25, 0.3) is 0 Å². The Bertz CT molecular complexity index is 1270. The van der Waals surface area contributed by atoms with Crippen molar-refractivity contribution in [1.82, 2.24) is 14.8 Å². The minimum atomic E-state index is -0.0936. The fraction of sp³-hybridized carbons (Fsp3) is 0.333. The maximum absolute atomic E-state index is 13.6. The molecule has 0 spiro atoms. The van der Waals surface area contributed by atoms with Gasteiger partial charge in [-0.1, -0.05) is 78.1 Å². The summed E-state index contributed by atoms with van der Waals surface area (Å²) in [7, 11) is 0. The van der Waals surface area contributed by atoms with E-state index in [2.05, 4.69) is 76.7 Å². The Balaban J connectivity index is 1.34. The van der Waals surface area contributed by atoms with Crippen LogP contribution >= 0.6 is 11.3 Å². The summed E-state index contributed by atoms with van der Waals surface area (Å²) in [6.45, 7) is 7.62. The number of nitrogens with one attached hydrogen (secondary N) is 1. The molecule has 1 aliphatic rings. The summed E-state index contributed by atoms with van der Waals surface area (Å²) < 4.78 is 6.58. The molecule has 0 saturated carbocycles. The molecule has 1 atom stereocenters. The third-order valence-corrected chi connectivity index (χ3v) is 7.99. The van der Waals surface area contributed by atoms with Crippen molar-refractivity contribution in [3.8, 4) is 0 Å². The fourth-order valence-corrected chi connectivity index (χ4v) is 5.80. The van der Waals surface area contributed by atoms with E-state index in [1.165, 1.54) is 28.0 Å². The van der Waals surface area contributed by atoms with Gasteiger partial charge in [0.2, 0.25) is 0 Å². The molecule has 1 aromatic heterocycles. The fourth-order valence-electron chi connectivity index (χ4n) is 4.95. The van der Waals surface area contributed by atoms with Crippen molar-refractivity contribution in [1.29, 1.82) is 0 Å². The van der Waals surface area contributed by atoms with Gasteiger partial charge in [0.1, 0.15) is 0 Å². The summed E-state index contributed by atoms with van der Waals surface area (Å²) in [6, 6.07) is 27.1. The average Bonchev–Trinajstić information content (AvgIpc) is 3.34. The number of carbonyl (C=O) groups is 1. The van der Waals surface area contributed by atoms with Crippen molar-refractivity contribution in [2.24, 2.45) is 0 Å². The van der Waals surface area contributed by atoms with E-state index in [9.17, 15) is 4.79 Å². The highest BCUT2D eigenvalue weighted by molar-refractivity contribution is 7.22. The molecule has 37 heavy (non-hydrogen) atoms. The average molecular weight is 515 g/mol. The van der Waals surface area contributed by atoms with Crippen LogP contribution in [0.25, 0.3) is 10.2 Å². The van der Waals surface area contributed by atoms with Crippen LogP contribution in [0.5, 0.6) is 0 Å². The van der Waals surface area contributed by atoms with Crippen molar-refractivity contribution in [2.45, 2.75) is 19.3 Å². The third-order valence-electron chi connectivity index (χ3n) is 7.04. The highest BCUT2D eigenvalue weighted by Crippen LogP contribution is 2.31. The number of amides is 2. The van der Waals surface area contributed by atoms with Crippen LogP contribution in [-0.4, -0.2) is 66.8 Å². The molecular weight excluding hydrogens is 480 g/mol. The number of nitrogens with zero attached hydrogens (tertiary/aromatic N) is 3. The number of benzene rings is 3. The largest absolute Gasteiger partial charge is 0.379 e. The van der Waals surface area contributed by atoms with Crippen LogP contribution < -0.4 is 5.32 Å². The lowest BCUT2D eigenvalue weighted by Crippen LogP contribution is -2.44. The molecule has 5 rings (SSSR count). The Morgan fingerprint density at radius 3 is 2.51 bits per heavy atom. The lowest BCUT2D eigenvalue weighted by molar-refractivity contribution is 0.0351. The summed E-state index contributed by atoms with van der Waals surface area (Å²) in [6.07, 6.45) is 0.839. The Kier molecular flexibility index (Phi) is 8.46. The van der Waals surface area contributed by atoms with Crippen LogP contribution in [0.1, 0.15) is 29.0 Å². The second-order valence-electron chi connectivity index (χ2n) is 9.47. The van der Waals surface area contributed by atoms with E-state index >= 15 is 0 Å². The monoisotopic (exact) mass is 514 g/mol. The van der Waals surface area contributed by atoms with Gasteiger partial charge in [0, 0.05) is 38.6 Å². The van der Waals surface area contributed by atoms with Crippen LogP contribution in [0.3, 0.4) is 0 Å². The SMILES string of the molecule is Cc1ccccc1C(CCN(CCN1CCOCC1)C(=O)Nc1nc2ccccc2s1)c1ccccc1. The lowest BCUT2D eigenvalue weighted by Gasteiger charge is -2.31. The molecule has 1 N–H and O–H groups in total. The van der Waals surface area contributed by atoms with Gasteiger partial charge in [-0.25, -0.2) is 9.78 Å². The van der Waals surface area contributed by atoms with Gasteiger partial charge in [0.05, 0.1) is 23.4 Å². The molecule has 0 bridgehead atoms. The number of para-hydroxylation sites is 1. The van der Waals surface area contributed by atoms with Crippen LogP contribution in [0.4, 0.5) is 9.93 Å². The number of morpholine rings is 1. The Labute approximate surface area is 222 Å². The first-order valence-electron chi connectivity index (χ1n) is 13.0.